The Balaban J connectivity index is 1.64. The summed E-state index contributed by atoms with van der Waals surface area (Å²) in [6, 6.07) is 0. The lowest BCUT2D eigenvalue weighted by molar-refractivity contribution is 0.133. The normalized spacial score (nSPS) is 36.8. The molecule has 1 aliphatic carbocycles. The van der Waals surface area contributed by atoms with Gasteiger partial charge in [0.05, 0.1) is 6.10 Å². The Bertz CT molecular complexity index is 145. The van der Waals surface area contributed by atoms with E-state index in [1.165, 1.54) is 32.1 Å². The lowest BCUT2D eigenvalue weighted by Gasteiger charge is -2.26. The first kappa shape index (κ1) is 8.52. The van der Waals surface area contributed by atoms with E-state index in [0.717, 1.165) is 19.0 Å². The highest BCUT2D eigenvalue weighted by molar-refractivity contribution is 4.81. The SMILES string of the molecule is O[C@@H]1CNC[C@H]1CCC1CCC1. The van der Waals surface area contributed by atoms with E-state index in [2.05, 4.69) is 5.32 Å². The van der Waals surface area contributed by atoms with Crippen molar-refractivity contribution in [2.75, 3.05) is 13.1 Å². The Hall–Kier alpha value is -0.0800. The average Bonchev–Trinajstić information content (AvgIpc) is 2.33. The predicted molar refractivity (Wildman–Crippen MR) is 48.9 cm³/mol. The van der Waals surface area contributed by atoms with Crippen LogP contribution >= 0.6 is 0 Å². The maximum Gasteiger partial charge on any atom is 0.0704 e. The van der Waals surface area contributed by atoms with Gasteiger partial charge in [0, 0.05) is 13.1 Å². The highest BCUT2D eigenvalue weighted by Crippen LogP contribution is 2.32. The fraction of sp³-hybridized carbons (Fsp3) is 1.00. The molecule has 2 heteroatoms. The van der Waals surface area contributed by atoms with Gasteiger partial charge in [-0.1, -0.05) is 25.7 Å². The molecule has 1 saturated carbocycles. The van der Waals surface area contributed by atoms with Gasteiger partial charge in [0.2, 0.25) is 0 Å². The molecule has 2 fully saturated rings. The second kappa shape index (κ2) is 3.75. The van der Waals surface area contributed by atoms with Crippen LogP contribution in [0.3, 0.4) is 0 Å². The summed E-state index contributed by atoms with van der Waals surface area (Å²) in [4.78, 5) is 0. The number of β-amino-alcohol motifs (C(OH)–C–C–N with tert-alkyl or cyclic N) is 1. The van der Waals surface area contributed by atoms with Crippen molar-refractivity contribution in [2.24, 2.45) is 11.8 Å². The molecule has 12 heavy (non-hydrogen) atoms. The molecule has 2 rings (SSSR count). The summed E-state index contributed by atoms with van der Waals surface area (Å²) in [5.74, 6) is 1.54. The maximum atomic E-state index is 9.53. The Labute approximate surface area is 74.4 Å². The molecule has 70 valence electrons. The van der Waals surface area contributed by atoms with E-state index in [9.17, 15) is 5.11 Å². The summed E-state index contributed by atoms with van der Waals surface area (Å²) in [6.07, 6.45) is 6.84. The van der Waals surface area contributed by atoms with E-state index in [4.69, 9.17) is 0 Å². The molecule has 2 atom stereocenters. The standard InChI is InChI=1S/C10H19NO/c12-10-7-11-6-9(10)5-4-8-2-1-3-8/h8-12H,1-7H2/t9-,10-/m1/s1. The lowest BCUT2D eigenvalue weighted by Crippen LogP contribution is -2.20. The molecule has 0 aromatic rings. The van der Waals surface area contributed by atoms with Crippen molar-refractivity contribution >= 4 is 0 Å². The molecule has 2 N–H and O–H groups in total. The molecule has 0 spiro atoms. The van der Waals surface area contributed by atoms with Crippen LogP contribution in [0.5, 0.6) is 0 Å². The molecule has 1 saturated heterocycles. The van der Waals surface area contributed by atoms with E-state index in [1.54, 1.807) is 0 Å². The molecule has 0 bridgehead atoms. The molecular weight excluding hydrogens is 150 g/mol. The number of aliphatic hydroxyl groups is 1. The van der Waals surface area contributed by atoms with E-state index in [-0.39, 0.29) is 6.10 Å². The lowest BCUT2D eigenvalue weighted by atomic mass is 9.80. The van der Waals surface area contributed by atoms with Gasteiger partial charge in [-0.25, -0.2) is 0 Å². The first-order valence-electron chi connectivity index (χ1n) is 5.25. The minimum atomic E-state index is -0.0647. The topological polar surface area (TPSA) is 32.3 Å². The van der Waals surface area contributed by atoms with Crippen molar-refractivity contribution in [3.05, 3.63) is 0 Å². The fourth-order valence-corrected chi connectivity index (χ4v) is 2.25. The summed E-state index contributed by atoms with van der Waals surface area (Å²) in [7, 11) is 0. The number of hydrogen-bond donors (Lipinski definition) is 2. The average molecular weight is 169 g/mol. The minimum Gasteiger partial charge on any atom is -0.391 e. The van der Waals surface area contributed by atoms with Gasteiger partial charge in [-0.15, -0.1) is 0 Å². The number of nitrogens with one attached hydrogen (secondary N) is 1. The van der Waals surface area contributed by atoms with Gasteiger partial charge in [-0.2, -0.15) is 0 Å². The fourth-order valence-electron chi connectivity index (χ4n) is 2.25. The van der Waals surface area contributed by atoms with Crippen molar-refractivity contribution in [2.45, 2.75) is 38.2 Å². The minimum absolute atomic E-state index is 0.0647. The maximum absolute atomic E-state index is 9.53. The molecule has 0 aromatic heterocycles. The molecule has 2 nitrogen and oxygen atoms in total. The third-order valence-corrected chi connectivity index (χ3v) is 3.47. The largest absolute Gasteiger partial charge is 0.391 e. The van der Waals surface area contributed by atoms with Gasteiger partial charge in [0.25, 0.3) is 0 Å². The van der Waals surface area contributed by atoms with Crippen molar-refractivity contribution in [1.29, 1.82) is 0 Å². The van der Waals surface area contributed by atoms with Crippen molar-refractivity contribution in [3.63, 3.8) is 0 Å². The zero-order chi connectivity index (χ0) is 8.39. The van der Waals surface area contributed by atoms with Gasteiger partial charge in [-0.05, 0) is 18.3 Å². The van der Waals surface area contributed by atoms with Crippen LogP contribution in [0, 0.1) is 11.8 Å². The molecule has 0 radical (unpaired) electrons. The number of aliphatic hydroxyl groups excluding tert-OH is 1. The van der Waals surface area contributed by atoms with E-state index >= 15 is 0 Å². The first-order chi connectivity index (χ1) is 5.86. The summed E-state index contributed by atoms with van der Waals surface area (Å²) in [5.41, 5.74) is 0. The van der Waals surface area contributed by atoms with Gasteiger partial charge in [0.1, 0.15) is 0 Å². The molecule has 0 unspecified atom stereocenters. The predicted octanol–water partition coefficient (Wildman–Crippen LogP) is 1.15. The van der Waals surface area contributed by atoms with Crippen LogP contribution in [0.1, 0.15) is 32.1 Å². The molecule has 1 aliphatic heterocycles. The molecule has 1 heterocycles. The van der Waals surface area contributed by atoms with E-state index in [0.29, 0.717) is 5.92 Å². The Morgan fingerprint density at radius 2 is 2.00 bits per heavy atom. The monoisotopic (exact) mass is 169 g/mol. The van der Waals surface area contributed by atoms with Crippen molar-refractivity contribution in [1.82, 2.24) is 5.32 Å². The highest BCUT2D eigenvalue weighted by Gasteiger charge is 2.26. The van der Waals surface area contributed by atoms with Crippen LogP contribution in [0.25, 0.3) is 0 Å². The molecule has 2 aliphatic rings. The summed E-state index contributed by atoms with van der Waals surface area (Å²) in [6.45, 7) is 1.85. The summed E-state index contributed by atoms with van der Waals surface area (Å²) < 4.78 is 0. The van der Waals surface area contributed by atoms with Gasteiger partial charge >= 0.3 is 0 Å². The van der Waals surface area contributed by atoms with Gasteiger partial charge in [-0.3, -0.25) is 0 Å². The first-order valence-corrected chi connectivity index (χ1v) is 5.25. The smallest absolute Gasteiger partial charge is 0.0704 e. The summed E-state index contributed by atoms with van der Waals surface area (Å²) >= 11 is 0. The van der Waals surface area contributed by atoms with Crippen LogP contribution in [-0.2, 0) is 0 Å². The second-order valence-corrected chi connectivity index (χ2v) is 4.36. The zero-order valence-electron chi connectivity index (χ0n) is 7.63. The molecule has 0 amide bonds. The van der Waals surface area contributed by atoms with E-state index < -0.39 is 0 Å². The Kier molecular flexibility index (Phi) is 2.66. The van der Waals surface area contributed by atoms with Gasteiger partial charge in [0.15, 0.2) is 0 Å². The van der Waals surface area contributed by atoms with Crippen LogP contribution < -0.4 is 5.32 Å². The highest BCUT2D eigenvalue weighted by atomic mass is 16.3. The Morgan fingerprint density at radius 1 is 1.17 bits per heavy atom. The third kappa shape index (κ3) is 1.80. The van der Waals surface area contributed by atoms with Crippen molar-refractivity contribution < 1.29 is 5.11 Å². The third-order valence-electron chi connectivity index (χ3n) is 3.47. The summed E-state index contributed by atoms with van der Waals surface area (Å²) in [5, 5.41) is 12.8. The quantitative estimate of drug-likeness (QED) is 0.664. The number of rotatable bonds is 3. The van der Waals surface area contributed by atoms with Crippen LogP contribution in [0.15, 0.2) is 0 Å². The second-order valence-electron chi connectivity index (χ2n) is 4.36. The van der Waals surface area contributed by atoms with E-state index in [1.807, 2.05) is 0 Å². The van der Waals surface area contributed by atoms with Crippen molar-refractivity contribution in [3.8, 4) is 0 Å². The van der Waals surface area contributed by atoms with Gasteiger partial charge < -0.3 is 10.4 Å². The molecular formula is C10H19NO. The van der Waals surface area contributed by atoms with Crippen LogP contribution in [0.2, 0.25) is 0 Å². The molecule has 0 aromatic carbocycles. The van der Waals surface area contributed by atoms with Crippen LogP contribution in [-0.4, -0.2) is 24.3 Å². The number of hydrogen-bond acceptors (Lipinski definition) is 2. The zero-order valence-corrected chi connectivity index (χ0v) is 7.63. The Morgan fingerprint density at radius 3 is 2.50 bits per heavy atom. The van der Waals surface area contributed by atoms with Crippen LogP contribution in [0.4, 0.5) is 0 Å².